The normalized spacial score (nSPS) is 22.3. The van der Waals surface area contributed by atoms with Crippen LogP contribution in [-0.4, -0.2) is 45.6 Å². The minimum atomic E-state index is -0.168. The SMILES string of the molecule is Cc1ccc2c(c1)C(=O)C[C@H]([C@@H]1CCCN(C(=O)c3cnn(C)c3C)C1)O2. The van der Waals surface area contributed by atoms with Gasteiger partial charge in [-0.05, 0) is 38.8 Å². The lowest BCUT2D eigenvalue weighted by molar-refractivity contribution is 0.0408. The summed E-state index contributed by atoms with van der Waals surface area (Å²) in [4.78, 5) is 27.4. The van der Waals surface area contributed by atoms with E-state index in [4.69, 9.17) is 4.74 Å². The number of carbonyl (C=O) groups is 2. The molecule has 3 heterocycles. The van der Waals surface area contributed by atoms with Crippen LogP contribution in [0.3, 0.4) is 0 Å². The van der Waals surface area contributed by atoms with E-state index in [-0.39, 0.29) is 23.7 Å². The van der Waals surface area contributed by atoms with Crippen molar-refractivity contribution < 1.29 is 14.3 Å². The first-order valence-electron chi connectivity index (χ1n) is 9.52. The molecule has 1 aromatic carbocycles. The first-order chi connectivity index (χ1) is 12.9. The minimum absolute atomic E-state index is 0.0171. The summed E-state index contributed by atoms with van der Waals surface area (Å²) in [5, 5.41) is 4.18. The third kappa shape index (κ3) is 3.24. The Labute approximate surface area is 159 Å². The summed E-state index contributed by atoms with van der Waals surface area (Å²) in [6.07, 6.45) is 3.74. The van der Waals surface area contributed by atoms with E-state index in [0.29, 0.717) is 29.8 Å². The molecule has 142 valence electrons. The van der Waals surface area contributed by atoms with Crippen molar-refractivity contribution in [3.63, 3.8) is 0 Å². The zero-order valence-electron chi connectivity index (χ0n) is 16.1. The smallest absolute Gasteiger partial charge is 0.257 e. The molecule has 0 N–H and O–H groups in total. The molecule has 0 bridgehead atoms. The van der Waals surface area contributed by atoms with Crippen LogP contribution in [0.25, 0.3) is 0 Å². The molecular formula is C21H25N3O3. The van der Waals surface area contributed by atoms with Crippen LogP contribution in [0.4, 0.5) is 0 Å². The van der Waals surface area contributed by atoms with Gasteiger partial charge in [-0.25, -0.2) is 0 Å². The highest BCUT2D eigenvalue weighted by Crippen LogP contribution is 2.34. The highest BCUT2D eigenvalue weighted by atomic mass is 16.5. The van der Waals surface area contributed by atoms with Crippen molar-refractivity contribution in [3.05, 3.63) is 46.8 Å². The fourth-order valence-corrected chi connectivity index (χ4v) is 4.10. The van der Waals surface area contributed by atoms with Gasteiger partial charge in [0.25, 0.3) is 5.91 Å². The number of fused-ring (bicyclic) bond motifs is 1. The van der Waals surface area contributed by atoms with Crippen LogP contribution < -0.4 is 4.74 Å². The van der Waals surface area contributed by atoms with E-state index in [1.54, 1.807) is 10.9 Å². The van der Waals surface area contributed by atoms with Gasteiger partial charge in [-0.2, -0.15) is 5.10 Å². The van der Waals surface area contributed by atoms with Gasteiger partial charge in [-0.15, -0.1) is 0 Å². The average Bonchev–Trinajstić information content (AvgIpc) is 3.00. The molecule has 1 fully saturated rings. The van der Waals surface area contributed by atoms with Crippen LogP contribution in [0, 0.1) is 19.8 Å². The molecule has 0 aliphatic carbocycles. The quantitative estimate of drug-likeness (QED) is 0.819. The lowest BCUT2D eigenvalue weighted by Gasteiger charge is -2.38. The number of piperidine rings is 1. The zero-order valence-corrected chi connectivity index (χ0v) is 16.1. The number of nitrogens with zero attached hydrogens (tertiary/aromatic N) is 3. The molecule has 0 unspecified atom stereocenters. The molecule has 27 heavy (non-hydrogen) atoms. The highest BCUT2D eigenvalue weighted by Gasteiger charge is 2.36. The number of hydrogen-bond acceptors (Lipinski definition) is 4. The standard InChI is InChI=1S/C21H25N3O3/c1-13-6-7-19-16(9-13)18(25)10-20(27-19)15-5-4-8-24(12-15)21(26)17-11-22-23(3)14(17)2/h6-7,9,11,15,20H,4-5,8,10,12H2,1-3H3/t15-,20-/m1/s1. The number of aryl methyl sites for hydroxylation is 2. The molecule has 2 aliphatic heterocycles. The van der Waals surface area contributed by atoms with Gasteiger partial charge >= 0.3 is 0 Å². The van der Waals surface area contributed by atoms with Crippen molar-refractivity contribution >= 4 is 11.7 Å². The summed E-state index contributed by atoms with van der Waals surface area (Å²) >= 11 is 0. The predicted molar refractivity (Wildman–Crippen MR) is 101 cm³/mol. The van der Waals surface area contributed by atoms with E-state index in [0.717, 1.165) is 30.6 Å². The van der Waals surface area contributed by atoms with Gasteiger partial charge in [0.2, 0.25) is 0 Å². The molecule has 1 aromatic heterocycles. The molecule has 2 atom stereocenters. The molecule has 4 rings (SSSR count). The van der Waals surface area contributed by atoms with Crippen molar-refractivity contribution in [1.82, 2.24) is 14.7 Å². The fraction of sp³-hybridized carbons (Fsp3) is 0.476. The highest BCUT2D eigenvalue weighted by molar-refractivity contribution is 6.00. The lowest BCUT2D eigenvalue weighted by Crippen LogP contribution is -2.46. The van der Waals surface area contributed by atoms with Crippen LogP contribution in [0.2, 0.25) is 0 Å². The third-order valence-electron chi connectivity index (χ3n) is 5.84. The summed E-state index contributed by atoms with van der Waals surface area (Å²) in [6, 6.07) is 5.76. The molecule has 6 heteroatoms. The number of likely N-dealkylation sites (tertiary alicyclic amines) is 1. The van der Waals surface area contributed by atoms with Gasteiger partial charge < -0.3 is 9.64 Å². The van der Waals surface area contributed by atoms with Crippen LogP contribution >= 0.6 is 0 Å². The zero-order chi connectivity index (χ0) is 19.1. The topological polar surface area (TPSA) is 64.4 Å². The fourth-order valence-electron chi connectivity index (χ4n) is 4.10. The number of aromatic nitrogens is 2. The maximum absolute atomic E-state index is 12.9. The van der Waals surface area contributed by atoms with Crippen LogP contribution in [-0.2, 0) is 7.05 Å². The maximum atomic E-state index is 12.9. The number of rotatable bonds is 2. The third-order valence-corrected chi connectivity index (χ3v) is 5.84. The van der Waals surface area contributed by atoms with Gasteiger partial charge in [0.05, 0.1) is 17.3 Å². The summed E-state index contributed by atoms with van der Waals surface area (Å²) in [5.41, 5.74) is 3.27. The molecule has 1 amide bonds. The van der Waals surface area contributed by atoms with E-state index < -0.39 is 0 Å². The van der Waals surface area contributed by atoms with Crippen molar-refractivity contribution in [1.29, 1.82) is 0 Å². The second kappa shape index (κ2) is 6.83. The van der Waals surface area contributed by atoms with Gasteiger partial charge in [0, 0.05) is 38.2 Å². The number of ether oxygens (including phenoxy) is 1. The van der Waals surface area contributed by atoms with E-state index in [1.807, 2.05) is 44.0 Å². The molecule has 0 saturated carbocycles. The lowest BCUT2D eigenvalue weighted by atomic mass is 9.86. The largest absolute Gasteiger partial charge is 0.489 e. The van der Waals surface area contributed by atoms with Crippen molar-refractivity contribution in [3.8, 4) is 5.75 Å². The number of benzene rings is 1. The van der Waals surface area contributed by atoms with Crippen molar-refractivity contribution in [2.24, 2.45) is 13.0 Å². The minimum Gasteiger partial charge on any atom is -0.489 e. The van der Waals surface area contributed by atoms with Gasteiger partial charge in [-0.3, -0.25) is 14.3 Å². The molecule has 6 nitrogen and oxygen atoms in total. The molecule has 1 saturated heterocycles. The average molecular weight is 367 g/mol. The first-order valence-corrected chi connectivity index (χ1v) is 9.52. The second-order valence-corrected chi connectivity index (χ2v) is 7.70. The number of Topliss-reactive ketones (excluding diaryl/α,β-unsaturated/α-hetero) is 1. The van der Waals surface area contributed by atoms with E-state index in [1.165, 1.54) is 0 Å². The molecule has 2 aromatic rings. The summed E-state index contributed by atoms with van der Waals surface area (Å²) in [5.74, 6) is 0.992. The predicted octanol–water partition coefficient (Wildman–Crippen LogP) is 2.92. The van der Waals surface area contributed by atoms with E-state index in [2.05, 4.69) is 5.10 Å². The van der Waals surface area contributed by atoms with Crippen LogP contribution in [0.15, 0.2) is 24.4 Å². The van der Waals surface area contributed by atoms with E-state index in [9.17, 15) is 9.59 Å². The Balaban J connectivity index is 1.50. The van der Waals surface area contributed by atoms with Crippen molar-refractivity contribution in [2.45, 2.75) is 39.2 Å². The van der Waals surface area contributed by atoms with Crippen LogP contribution in [0.1, 0.15) is 51.2 Å². The Morgan fingerprint density at radius 3 is 2.85 bits per heavy atom. The van der Waals surface area contributed by atoms with Gasteiger partial charge in [-0.1, -0.05) is 11.6 Å². The second-order valence-electron chi connectivity index (χ2n) is 7.70. The monoisotopic (exact) mass is 367 g/mol. The maximum Gasteiger partial charge on any atom is 0.257 e. The summed E-state index contributed by atoms with van der Waals surface area (Å²) in [7, 11) is 1.84. The molecule has 0 radical (unpaired) electrons. The summed E-state index contributed by atoms with van der Waals surface area (Å²) < 4.78 is 7.90. The molecule has 2 aliphatic rings. The molecular weight excluding hydrogens is 342 g/mol. The molecule has 0 spiro atoms. The van der Waals surface area contributed by atoms with Gasteiger partial charge in [0.1, 0.15) is 11.9 Å². The Kier molecular flexibility index (Phi) is 4.50. The van der Waals surface area contributed by atoms with E-state index >= 15 is 0 Å². The van der Waals surface area contributed by atoms with Gasteiger partial charge in [0.15, 0.2) is 5.78 Å². The Hall–Kier alpha value is -2.63. The first kappa shape index (κ1) is 17.8. The number of carbonyl (C=O) groups excluding carboxylic acids is 2. The number of hydrogen-bond donors (Lipinski definition) is 0. The number of ketones is 1. The Bertz CT molecular complexity index is 902. The Morgan fingerprint density at radius 1 is 1.30 bits per heavy atom. The Morgan fingerprint density at radius 2 is 2.11 bits per heavy atom. The summed E-state index contributed by atoms with van der Waals surface area (Å²) in [6.45, 7) is 5.24. The number of amides is 1. The van der Waals surface area contributed by atoms with Crippen molar-refractivity contribution in [2.75, 3.05) is 13.1 Å². The van der Waals surface area contributed by atoms with Crippen LogP contribution in [0.5, 0.6) is 5.75 Å².